The van der Waals surface area contributed by atoms with E-state index < -0.39 is 0 Å². The van der Waals surface area contributed by atoms with Gasteiger partial charge in [-0.2, -0.15) is 0 Å². The third-order valence-corrected chi connectivity index (χ3v) is 1.83. The monoisotopic (exact) mass is 156 g/mol. The van der Waals surface area contributed by atoms with Crippen LogP contribution in [0, 0.1) is 5.92 Å². The quantitative estimate of drug-likeness (QED) is 0.484. The van der Waals surface area contributed by atoms with Crippen LogP contribution in [-0.2, 0) is 4.79 Å². The van der Waals surface area contributed by atoms with Crippen molar-refractivity contribution >= 4 is 6.29 Å². The van der Waals surface area contributed by atoms with E-state index in [2.05, 4.69) is 0 Å². The summed E-state index contributed by atoms with van der Waals surface area (Å²) in [4.78, 5) is 9.85. The third-order valence-electron chi connectivity index (χ3n) is 1.83. The van der Waals surface area contributed by atoms with Crippen molar-refractivity contribution in [2.24, 2.45) is 5.92 Å². The van der Waals surface area contributed by atoms with Gasteiger partial charge in [-0.25, -0.2) is 0 Å². The molecule has 0 aromatic carbocycles. The minimum Gasteiger partial charge on any atom is -0.393 e. The topological polar surface area (TPSA) is 37.3 Å². The maximum atomic E-state index is 9.85. The van der Waals surface area contributed by atoms with Crippen LogP contribution in [0.15, 0.2) is 12.2 Å². The van der Waals surface area contributed by atoms with E-state index in [1.807, 2.05) is 13.0 Å². The average Bonchev–Trinajstić information content (AvgIpc) is 1.97. The van der Waals surface area contributed by atoms with Crippen molar-refractivity contribution in [2.75, 3.05) is 0 Å². The molecule has 0 aromatic rings. The van der Waals surface area contributed by atoms with E-state index in [1.165, 1.54) is 6.08 Å². The lowest BCUT2D eigenvalue weighted by Gasteiger charge is -2.12. The van der Waals surface area contributed by atoms with Crippen LogP contribution in [0.2, 0.25) is 0 Å². The van der Waals surface area contributed by atoms with Crippen molar-refractivity contribution in [3.8, 4) is 0 Å². The SMILES string of the molecule is CC(O)C(C)CC/C=C/C=O. The van der Waals surface area contributed by atoms with E-state index in [0.717, 1.165) is 19.1 Å². The molecule has 0 amide bonds. The van der Waals surface area contributed by atoms with Crippen LogP contribution in [-0.4, -0.2) is 17.5 Å². The van der Waals surface area contributed by atoms with E-state index in [4.69, 9.17) is 5.11 Å². The Morgan fingerprint density at radius 3 is 2.55 bits per heavy atom. The van der Waals surface area contributed by atoms with Gasteiger partial charge >= 0.3 is 0 Å². The number of hydrogen-bond donors (Lipinski definition) is 1. The van der Waals surface area contributed by atoms with Gasteiger partial charge in [0.1, 0.15) is 6.29 Å². The fourth-order valence-corrected chi connectivity index (χ4v) is 0.752. The Balaban J connectivity index is 3.38. The molecular formula is C9H16O2. The van der Waals surface area contributed by atoms with Gasteiger partial charge in [0.2, 0.25) is 0 Å². The van der Waals surface area contributed by atoms with Crippen LogP contribution in [0.5, 0.6) is 0 Å². The van der Waals surface area contributed by atoms with Crippen molar-refractivity contribution in [1.82, 2.24) is 0 Å². The van der Waals surface area contributed by atoms with Crippen molar-refractivity contribution in [2.45, 2.75) is 32.8 Å². The molecule has 2 heteroatoms. The van der Waals surface area contributed by atoms with Gasteiger partial charge in [-0.3, -0.25) is 4.79 Å². The summed E-state index contributed by atoms with van der Waals surface area (Å²) in [5.74, 6) is 0.311. The molecule has 0 spiro atoms. The van der Waals surface area contributed by atoms with Gasteiger partial charge in [-0.05, 0) is 31.8 Å². The summed E-state index contributed by atoms with van der Waals surface area (Å²) in [6.45, 7) is 3.79. The molecule has 2 nitrogen and oxygen atoms in total. The molecule has 0 aliphatic rings. The highest BCUT2D eigenvalue weighted by Gasteiger charge is 2.06. The van der Waals surface area contributed by atoms with Gasteiger partial charge in [-0.1, -0.05) is 13.0 Å². The van der Waals surface area contributed by atoms with Crippen molar-refractivity contribution in [3.05, 3.63) is 12.2 Å². The minimum absolute atomic E-state index is 0.250. The molecule has 2 atom stereocenters. The van der Waals surface area contributed by atoms with Crippen LogP contribution in [0.25, 0.3) is 0 Å². The average molecular weight is 156 g/mol. The molecule has 0 bridgehead atoms. The molecule has 0 saturated heterocycles. The number of aliphatic hydroxyl groups is 1. The summed E-state index contributed by atoms with van der Waals surface area (Å²) in [6.07, 6.45) is 5.64. The highest BCUT2D eigenvalue weighted by atomic mass is 16.3. The molecule has 0 aromatic heterocycles. The molecular weight excluding hydrogens is 140 g/mol. The van der Waals surface area contributed by atoms with Gasteiger partial charge < -0.3 is 5.11 Å². The van der Waals surface area contributed by atoms with Gasteiger partial charge in [0.05, 0.1) is 6.10 Å². The lowest BCUT2D eigenvalue weighted by molar-refractivity contribution is -0.104. The predicted molar refractivity (Wildman–Crippen MR) is 45.3 cm³/mol. The summed E-state index contributed by atoms with van der Waals surface area (Å²) < 4.78 is 0. The molecule has 0 heterocycles. The highest BCUT2D eigenvalue weighted by Crippen LogP contribution is 2.09. The fraction of sp³-hybridized carbons (Fsp3) is 0.667. The Morgan fingerprint density at radius 1 is 1.45 bits per heavy atom. The first-order chi connectivity index (χ1) is 5.18. The van der Waals surface area contributed by atoms with E-state index in [9.17, 15) is 4.79 Å². The lowest BCUT2D eigenvalue weighted by atomic mass is 10.0. The van der Waals surface area contributed by atoms with Crippen LogP contribution < -0.4 is 0 Å². The molecule has 0 fully saturated rings. The molecule has 0 aliphatic carbocycles. The van der Waals surface area contributed by atoms with Crippen LogP contribution in [0.3, 0.4) is 0 Å². The third kappa shape index (κ3) is 5.80. The van der Waals surface area contributed by atoms with Crippen molar-refractivity contribution < 1.29 is 9.90 Å². The Kier molecular flexibility index (Phi) is 5.75. The van der Waals surface area contributed by atoms with E-state index in [-0.39, 0.29) is 6.10 Å². The molecule has 0 radical (unpaired) electrons. The number of aldehydes is 1. The Bertz CT molecular complexity index is 128. The lowest BCUT2D eigenvalue weighted by Crippen LogP contribution is -2.12. The number of carbonyl (C=O) groups is 1. The summed E-state index contributed by atoms with van der Waals surface area (Å²) in [5.41, 5.74) is 0. The van der Waals surface area contributed by atoms with Crippen LogP contribution >= 0.6 is 0 Å². The summed E-state index contributed by atoms with van der Waals surface area (Å²) in [6, 6.07) is 0. The molecule has 0 rings (SSSR count). The standard InChI is InChI=1S/C9H16O2/c1-8(9(2)11)6-4-3-5-7-10/h3,5,7-9,11H,4,6H2,1-2H3/b5-3+. The molecule has 64 valence electrons. The zero-order chi connectivity index (χ0) is 8.69. The maximum Gasteiger partial charge on any atom is 0.142 e. The van der Waals surface area contributed by atoms with Gasteiger partial charge in [0.15, 0.2) is 0 Å². The zero-order valence-electron chi connectivity index (χ0n) is 7.16. The van der Waals surface area contributed by atoms with E-state index in [1.54, 1.807) is 6.92 Å². The smallest absolute Gasteiger partial charge is 0.142 e. The van der Waals surface area contributed by atoms with Crippen LogP contribution in [0.1, 0.15) is 26.7 Å². The number of rotatable bonds is 5. The molecule has 0 aliphatic heterocycles. The second kappa shape index (κ2) is 6.10. The van der Waals surface area contributed by atoms with Crippen molar-refractivity contribution in [1.29, 1.82) is 0 Å². The first-order valence-electron chi connectivity index (χ1n) is 3.97. The van der Waals surface area contributed by atoms with E-state index >= 15 is 0 Å². The number of aliphatic hydroxyl groups excluding tert-OH is 1. The molecule has 11 heavy (non-hydrogen) atoms. The first-order valence-corrected chi connectivity index (χ1v) is 3.97. The van der Waals surface area contributed by atoms with Gasteiger partial charge in [0.25, 0.3) is 0 Å². The summed E-state index contributed by atoms with van der Waals surface area (Å²) in [5, 5.41) is 9.08. The Hall–Kier alpha value is -0.630. The Morgan fingerprint density at radius 2 is 2.09 bits per heavy atom. The van der Waals surface area contributed by atoms with Gasteiger partial charge in [0, 0.05) is 0 Å². The van der Waals surface area contributed by atoms with Crippen molar-refractivity contribution in [3.63, 3.8) is 0 Å². The Labute approximate surface area is 67.9 Å². The number of hydrogen-bond acceptors (Lipinski definition) is 2. The minimum atomic E-state index is -0.250. The maximum absolute atomic E-state index is 9.85. The summed E-state index contributed by atoms with van der Waals surface area (Å²) in [7, 11) is 0. The highest BCUT2D eigenvalue weighted by molar-refractivity contribution is 5.64. The van der Waals surface area contributed by atoms with E-state index in [0.29, 0.717) is 5.92 Å². The molecule has 2 unspecified atom stereocenters. The first kappa shape index (κ1) is 10.4. The fourth-order valence-electron chi connectivity index (χ4n) is 0.752. The van der Waals surface area contributed by atoms with Gasteiger partial charge in [-0.15, -0.1) is 0 Å². The number of allylic oxidation sites excluding steroid dienone is 2. The predicted octanol–water partition coefficient (Wildman–Crippen LogP) is 1.54. The summed E-state index contributed by atoms with van der Waals surface area (Å²) >= 11 is 0. The zero-order valence-corrected chi connectivity index (χ0v) is 7.16. The molecule has 0 saturated carbocycles. The largest absolute Gasteiger partial charge is 0.393 e. The molecule has 1 N–H and O–H groups in total. The number of carbonyl (C=O) groups excluding carboxylic acids is 1. The second-order valence-electron chi connectivity index (χ2n) is 2.86. The van der Waals surface area contributed by atoms with Crippen LogP contribution in [0.4, 0.5) is 0 Å². The normalized spacial score (nSPS) is 16.6. The second-order valence-corrected chi connectivity index (χ2v) is 2.86.